The normalized spacial score (nSPS) is 11.6. The Labute approximate surface area is 222 Å². The van der Waals surface area contributed by atoms with Crippen LogP contribution >= 0.6 is 0 Å². The molecular formula is C18H20N2O18S2. The van der Waals surface area contributed by atoms with Gasteiger partial charge in [0.2, 0.25) is 11.8 Å². The highest BCUT2D eigenvalue weighted by molar-refractivity contribution is 7.86. The molecule has 22 heteroatoms. The van der Waals surface area contributed by atoms with Crippen molar-refractivity contribution in [2.45, 2.75) is 35.5 Å². The summed E-state index contributed by atoms with van der Waals surface area (Å²) in [7, 11) is -9.89. The van der Waals surface area contributed by atoms with Gasteiger partial charge in [0.1, 0.15) is 13.2 Å². The molecule has 222 valence electrons. The summed E-state index contributed by atoms with van der Waals surface area (Å²) in [4.78, 5) is 53.6. The van der Waals surface area contributed by atoms with Crippen molar-refractivity contribution in [1.82, 2.24) is 9.46 Å². The van der Waals surface area contributed by atoms with Gasteiger partial charge in [-0.3, -0.25) is 18.7 Å². The number of hydrogen-bond acceptors (Lipinski definition) is 16. The SMILES string of the molecule is O=C(CCC(=O)On1c(O)cc(S(=O)(=O)O)c1O)OCCOC(=O)CCC(=O)On1c(O)cc(S(=O)(=O)O)c1O. The van der Waals surface area contributed by atoms with Gasteiger partial charge in [-0.25, -0.2) is 9.59 Å². The van der Waals surface area contributed by atoms with Crippen molar-refractivity contribution in [3.05, 3.63) is 12.1 Å². The highest BCUT2D eigenvalue weighted by Crippen LogP contribution is 2.31. The third-order valence-electron chi connectivity index (χ3n) is 4.38. The molecule has 6 N–H and O–H groups in total. The largest absolute Gasteiger partial charge is 0.492 e. The van der Waals surface area contributed by atoms with E-state index in [0.717, 1.165) is 0 Å². The van der Waals surface area contributed by atoms with Gasteiger partial charge in [-0.15, -0.1) is 9.46 Å². The molecule has 0 aromatic carbocycles. The molecule has 0 spiro atoms. The van der Waals surface area contributed by atoms with E-state index in [4.69, 9.17) is 9.11 Å². The molecule has 0 aliphatic heterocycles. The van der Waals surface area contributed by atoms with Crippen LogP contribution < -0.4 is 9.68 Å². The Kier molecular flexibility index (Phi) is 9.93. The number of aromatic hydroxyl groups is 4. The Balaban J connectivity index is 1.68. The van der Waals surface area contributed by atoms with Gasteiger partial charge in [0, 0.05) is 12.1 Å². The molecule has 20 nitrogen and oxygen atoms in total. The summed E-state index contributed by atoms with van der Waals surface area (Å²) in [5.41, 5.74) is 0. The average molecular weight is 616 g/mol. The number of nitrogens with zero attached hydrogens (tertiary/aromatic N) is 2. The summed E-state index contributed by atoms with van der Waals surface area (Å²) in [6, 6.07) is 0.799. The molecule has 2 aromatic rings. The zero-order valence-corrected chi connectivity index (χ0v) is 21.3. The van der Waals surface area contributed by atoms with E-state index in [1.54, 1.807) is 0 Å². The van der Waals surface area contributed by atoms with E-state index >= 15 is 0 Å². The molecule has 0 saturated heterocycles. The Morgan fingerprint density at radius 2 is 0.900 bits per heavy atom. The van der Waals surface area contributed by atoms with Crippen LogP contribution in [0.2, 0.25) is 0 Å². The molecule has 0 unspecified atom stereocenters. The highest BCUT2D eigenvalue weighted by Gasteiger charge is 2.27. The minimum absolute atomic E-state index is 0.00718. The molecule has 0 radical (unpaired) electrons. The monoisotopic (exact) mass is 616 g/mol. The predicted molar refractivity (Wildman–Crippen MR) is 119 cm³/mol. The fourth-order valence-electron chi connectivity index (χ4n) is 2.62. The highest BCUT2D eigenvalue weighted by atomic mass is 32.2. The van der Waals surface area contributed by atoms with Crippen LogP contribution in [-0.4, -0.2) is 92.9 Å². The first-order valence-electron chi connectivity index (χ1n) is 10.4. The van der Waals surface area contributed by atoms with Gasteiger partial charge in [0.25, 0.3) is 32.0 Å². The van der Waals surface area contributed by atoms with Gasteiger partial charge in [0.05, 0.1) is 25.7 Å². The van der Waals surface area contributed by atoms with Crippen LogP contribution in [0.4, 0.5) is 0 Å². The van der Waals surface area contributed by atoms with Crippen LogP contribution in [0.5, 0.6) is 23.5 Å². The smallest absolute Gasteiger partial charge is 0.333 e. The molecule has 0 amide bonds. The summed E-state index contributed by atoms with van der Waals surface area (Å²) < 4.78 is 71.3. The predicted octanol–water partition coefficient (Wildman–Crippen LogP) is -2.14. The Bertz CT molecular complexity index is 1400. The van der Waals surface area contributed by atoms with Crippen molar-refractivity contribution >= 4 is 44.1 Å². The summed E-state index contributed by atoms with van der Waals surface area (Å²) in [5.74, 6) is -9.13. The maximum absolute atomic E-state index is 11.8. The van der Waals surface area contributed by atoms with Crippen LogP contribution in [0.3, 0.4) is 0 Å². The first-order valence-corrected chi connectivity index (χ1v) is 13.3. The van der Waals surface area contributed by atoms with Crippen molar-refractivity contribution in [1.29, 1.82) is 0 Å². The van der Waals surface area contributed by atoms with Crippen LogP contribution in [-0.2, 0) is 48.9 Å². The molecule has 2 rings (SSSR count). The zero-order valence-electron chi connectivity index (χ0n) is 19.7. The molecule has 2 heterocycles. The fourth-order valence-corrected chi connectivity index (χ4v) is 3.75. The van der Waals surface area contributed by atoms with Crippen molar-refractivity contribution in [3.8, 4) is 23.5 Å². The number of esters is 2. The van der Waals surface area contributed by atoms with Crippen LogP contribution in [0.25, 0.3) is 0 Å². The van der Waals surface area contributed by atoms with Gasteiger partial charge in [0.15, 0.2) is 9.79 Å². The molecule has 0 fully saturated rings. The van der Waals surface area contributed by atoms with Crippen molar-refractivity contribution in [2.75, 3.05) is 13.2 Å². The first kappa shape index (κ1) is 31.7. The van der Waals surface area contributed by atoms with E-state index in [1.807, 2.05) is 0 Å². The lowest BCUT2D eigenvalue weighted by Gasteiger charge is -2.08. The quantitative estimate of drug-likeness (QED) is 0.0794. The third-order valence-corrected chi connectivity index (χ3v) is 6.09. The van der Waals surface area contributed by atoms with E-state index in [1.165, 1.54) is 0 Å². The second-order valence-corrected chi connectivity index (χ2v) is 10.1. The summed E-state index contributed by atoms with van der Waals surface area (Å²) in [6.45, 7) is -0.963. The lowest BCUT2D eigenvalue weighted by Crippen LogP contribution is -2.21. The number of carbonyl (C=O) groups is 4. The zero-order chi connectivity index (χ0) is 30.4. The van der Waals surface area contributed by atoms with Crippen molar-refractivity contribution < 1.29 is 84.7 Å². The van der Waals surface area contributed by atoms with E-state index in [9.17, 15) is 56.4 Å². The van der Waals surface area contributed by atoms with Gasteiger partial charge >= 0.3 is 23.9 Å². The lowest BCUT2D eigenvalue weighted by atomic mass is 10.3. The lowest BCUT2D eigenvalue weighted by molar-refractivity contribution is -0.155. The standard InChI is InChI=1S/C18H20N2O18S2/c21-11-7-9(39(29,30)31)17(27)19(11)37-15(25)3-1-13(23)35-5-6-36-14(24)2-4-16(26)38-20-12(22)8-10(18(20)28)40(32,33)34/h7-8,21-22,27-28H,1-6H2,(H,29,30,31)(H,32,33,34). The van der Waals surface area contributed by atoms with Gasteiger partial charge in [-0.05, 0) is 0 Å². The van der Waals surface area contributed by atoms with Crippen molar-refractivity contribution in [3.63, 3.8) is 0 Å². The number of aromatic nitrogens is 2. The van der Waals surface area contributed by atoms with E-state index in [2.05, 4.69) is 19.1 Å². The van der Waals surface area contributed by atoms with E-state index in [-0.39, 0.29) is 9.46 Å². The Morgan fingerprint density at radius 1 is 0.600 bits per heavy atom. The van der Waals surface area contributed by atoms with Crippen LogP contribution in [0.15, 0.2) is 21.9 Å². The Hall–Kier alpha value is -4.54. The maximum atomic E-state index is 11.8. The topological polar surface area (TPSA) is 305 Å². The Morgan fingerprint density at radius 3 is 1.18 bits per heavy atom. The van der Waals surface area contributed by atoms with Gasteiger partial charge < -0.3 is 39.6 Å². The average Bonchev–Trinajstić information content (AvgIpc) is 3.29. The molecule has 40 heavy (non-hydrogen) atoms. The third kappa shape index (κ3) is 8.48. The van der Waals surface area contributed by atoms with Crippen LogP contribution in [0.1, 0.15) is 25.7 Å². The van der Waals surface area contributed by atoms with Crippen molar-refractivity contribution in [2.24, 2.45) is 0 Å². The molecule has 0 atom stereocenters. The maximum Gasteiger partial charge on any atom is 0.333 e. The summed E-state index contributed by atoms with van der Waals surface area (Å²) >= 11 is 0. The number of carbonyl (C=O) groups excluding carboxylic acids is 4. The molecule has 2 aromatic heterocycles. The number of ether oxygens (including phenoxy) is 2. The number of hydrogen-bond donors (Lipinski definition) is 6. The van der Waals surface area contributed by atoms with Gasteiger partial charge in [-0.1, -0.05) is 0 Å². The number of rotatable bonds is 13. The first-order chi connectivity index (χ1) is 18.4. The second kappa shape index (κ2) is 12.5. The molecular weight excluding hydrogens is 596 g/mol. The molecule has 0 aliphatic carbocycles. The van der Waals surface area contributed by atoms with Crippen LogP contribution in [0, 0.1) is 0 Å². The molecule has 0 bridgehead atoms. The molecule has 0 aliphatic rings. The minimum Gasteiger partial charge on any atom is -0.492 e. The van der Waals surface area contributed by atoms with E-state index < -0.39 is 116 Å². The molecule has 0 saturated carbocycles. The van der Waals surface area contributed by atoms with Gasteiger partial charge in [-0.2, -0.15) is 16.8 Å². The second-order valence-electron chi connectivity index (χ2n) is 7.29. The fraction of sp³-hybridized carbons (Fsp3) is 0.333. The van der Waals surface area contributed by atoms with E-state index in [0.29, 0.717) is 12.1 Å². The minimum atomic E-state index is -4.94. The summed E-state index contributed by atoms with van der Waals surface area (Å²) in [5, 5.41) is 38.3. The summed E-state index contributed by atoms with van der Waals surface area (Å²) in [6.07, 6.45) is -2.52.